The number of hydrogen-bond donors (Lipinski definition) is 1. The molecule has 36 heavy (non-hydrogen) atoms. The Morgan fingerprint density at radius 1 is 0.944 bits per heavy atom. The summed E-state index contributed by atoms with van der Waals surface area (Å²) in [5, 5.41) is 12.3. The molecule has 0 heterocycles. The standard InChI is InChI=1S/C24H44O8SSi3/c1-29-22(25)24(32-36(8,9)10)16-20(30-34(2,3)4)21(31-35(5,6)7)23(26,17-24)18-33(27,28)19-14-12-11-13-15-19/h11-15,20-21,26H,16-18H2,1-10H3/t20-,21+,23+,24-/m1/s1. The topological polar surface area (TPSA) is 108 Å². The first kappa shape index (κ1) is 31.3. The largest absolute Gasteiger partial charge is 0.467 e. The van der Waals surface area contributed by atoms with E-state index < -0.39 is 69.9 Å². The van der Waals surface area contributed by atoms with Crippen molar-refractivity contribution in [2.45, 2.75) is 100 Å². The number of esters is 1. The molecule has 1 aliphatic rings. The van der Waals surface area contributed by atoms with Gasteiger partial charge in [-0.05, 0) is 71.1 Å². The zero-order valence-electron chi connectivity index (χ0n) is 23.4. The molecule has 1 fully saturated rings. The average molecular weight is 577 g/mol. The minimum atomic E-state index is -3.96. The number of ether oxygens (including phenoxy) is 1. The van der Waals surface area contributed by atoms with Crippen LogP contribution in [0.25, 0.3) is 0 Å². The van der Waals surface area contributed by atoms with Crippen molar-refractivity contribution < 1.29 is 36.3 Å². The van der Waals surface area contributed by atoms with Gasteiger partial charge in [0.2, 0.25) is 0 Å². The Balaban J connectivity index is 2.75. The van der Waals surface area contributed by atoms with E-state index in [2.05, 4.69) is 0 Å². The van der Waals surface area contributed by atoms with Gasteiger partial charge in [-0.25, -0.2) is 13.2 Å². The van der Waals surface area contributed by atoms with E-state index >= 15 is 0 Å². The highest BCUT2D eigenvalue weighted by atomic mass is 32.2. The first-order chi connectivity index (χ1) is 16.1. The van der Waals surface area contributed by atoms with Crippen LogP contribution in [-0.2, 0) is 32.6 Å². The van der Waals surface area contributed by atoms with Crippen LogP contribution in [0.1, 0.15) is 12.8 Å². The van der Waals surface area contributed by atoms with Gasteiger partial charge in [0.1, 0.15) is 5.60 Å². The van der Waals surface area contributed by atoms with Gasteiger partial charge in [-0.3, -0.25) is 0 Å². The molecule has 1 aliphatic carbocycles. The summed E-state index contributed by atoms with van der Waals surface area (Å²) in [6.07, 6.45) is -1.89. The van der Waals surface area contributed by atoms with Crippen molar-refractivity contribution in [3.8, 4) is 0 Å². The van der Waals surface area contributed by atoms with E-state index in [1.54, 1.807) is 18.2 Å². The molecule has 0 aromatic heterocycles. The molecule has 1 N–H and O–H groups in total. The second-order valence-electron chi connectivity index (χ2n) is 12.7. The molecule has 0 aliphatic heterocycles. The lowest BCUT2D eigenvalue weighted by atomic mass is 9.72. The zero-order valence-corrected chi connectivity index (χ0v) is 27.2. The van der Waals surface area contributed by atoms with Gasteiger partial charge in [0.05, 0.1) is 30.0 Å². The lowest BCUT2D eigenvalue weighted by Gasteiger charge is -2.54. The number of carbonyl (C=O) groups excluding carboxylic acids is 1. The monoisotopic (exact) mass is 576 g/mol. The van der Waals surface area contributed by atoms with Crippen molar-refractivity contribution in [1.82, 2.24) is 0 Å². The summed E-state index contributed by atoms with van der Waals surface area (Å²) in [5.41, 5.74) is -3.53. The fourth-order valence-corrected chi connectivity index (χ4v) is 10.1. The first-order valence-corrected chi connectivity index (χ1v) is 24.1. The highest BCUT2D eigenvalue weighted by Gasteiger charge is 2.62. The first-order valence-electron chi connectivity index (χ1n) is 12.3. The van der Waals surface area contributed by atoms with Crippen molar-refractivity contribution in [3.63, 3.8) is 0 Å². The fourth-order valence-electron chi connectivity index (χ4n) is 4.79. The molecule has 1 aromatic carbocycles. The SMILES string of the molecule is COC(=O)[C@@]1(O[Si](C)(C)C)C[C@@H](O[Si](C)(C)C)[C@H](O[Si](C)(C)C)[C@@](O)(CS(=O)(=O)c2ccccc2)C1. The molecule has 0 saturated heterocycles. The highest BCUT2D eigenvalue weighted by molar-refractivity contribution is 7.91. The van der Waals surface area contributed by atoms with Gasteiger partial charge >= 0.3 is 5.97 Å². The highest BCUT2D eigenvalue weighted by Crippen LogP contribution is 2.45. The number of hydrogen-bond acceptors (Lipinski definition) is 8. The molecular formula is C24H44O8SSi3. The van der Waals surface area contributed by atoms with Crippen LogP contribution in [0.2, 0.25) is 58.9 Å². The van der Waals surface area contributed by atoms with Gasteiger partial charge in [-0.2, -0.15) is 0 Å². The van der Waals surface area contributed by atoms with Gasteiger partial charge in [0, 0.05) is 12.8 Å². The van der Waals surface area contributed by atoms with E-state index in [4.69, 9.17) is 18.0 Å². The Bertz CT molecular complexity index is 1010. The van der Waals surface area contributed by atoms with E-state index in [0.29, 0.717) is 0 Å². The summed E-state index contributed by atoms with van der Waals surface area (Å²) >= 11 is 0. The zero-order chi connectivity index (χ0) is 27.8. The maximum Gasteiger partial charge on any atom is 0.337 e. The van der Waals surface area contributed by atoms with Crippen LogP contribution >= 0.6 is 0 Å². The molecule has 206 valence electrons. The van der Waals surface area contributed by atoms with Crippen molar-refractivity contribution in [2.24, 2.45) is 0 Å². The molecule has 0 unspecified atom stereocenters. The van der Waals surface area contributed by atoms with E-state index in [-0.39, 0.29) is 17.7 Å². The van der Waals surface area contributed by atoms with Gasteiger partial charge in [0.15, 0.2) is 40.4 Å². The second kappa shape index (κ2) is 10.7. The van der Waals surface area contributed by atoms with Crippen molar-refractivity contribution in [3.05, 3.63) is 30.3 Å². The molecule has 0 amide bonds. The van der Waals surface area contributed by atoms with E-state index in [1.165, 1.54) is 19.2 Å². The number of sulfone groups is 1. The third-order valence-corrected chi connectivity index (χ3v) is 10.4. The number of methoxy groups -OCH3 is 1. The molecule has 8 nitrogen and oxygen atoms in total. The second-order valence-corrected chi connectivity index (χ2v) is 28.0. The van der Waals surface area contributed by atoms with Gasteiger partial charge < -0.3 is 23.1 Å². The van der Waals surface area contributed by atoms with E-state index in [1.807, 2.05) is 58.9 Å². The number of benzene rings is 1. The number of aliphatic hydroxyl groups is 1. The average Bonchev–Trinajstić information content (AvgIpc) is 2.67. The molecule has 2 rings (SSSR count). The van der Waals surface area contributed by atoms with Crippen LogP contribution in [-0.4, -0.2) is 80.7 Å². The summed E-state index contributed by atoms with van der Waals surface area (Å²) < 4.78 is 51.8. The molecule has 0 spiro atoms. The van der Waals surface area contributed by atoms with Crippen LogP contribution in [0.15, 0.2) is 35.2 Å². The fraction of sp³-hybridized carbons (Fsp3) is 0.708. The predicted molar refractivity (Wildman–Crippen MR) is 148 cm³/mol. The Hall–Kier alpha value is -0.869. The van der Waals surface area contributed by atoms with Gasteiger partial charge in [-0.15, -0.1) is 0 Å². The molecule has 1 saturated carbocycles. The van der Waals surface area contributed by atoms with Crippen LogP contribution in [0.3, 0.4) is 0 Å². The van der Waals surface area contributed by atoms with Crippen LogP contribution in [0.5, 0.6) is 0 Å². The van der Waals surface area contributed by atoms with Crippen molar-refractivity contribution in [1.29, 1.82) is 0 Å². The van der Waals surface area contributed by atoms with Crippen molar-refractivity contribution >= 4 is 40.8 Å². The molecular weight excluding hydrogens is 533 g/mol. The molecule has 12 heteroatoms. The Morgan fingerprint density at radius 2 is 1.47 bits per heavy atom. The van der Waals surface area contributed by atoms with Gasteiger partial charge in [-0.1, -0.05) is 18.2 Å². The van der Waals surface area contributed by atoms with Crippen molar-refractivity contribution in [2.75, 3.05) is 12.9 Å². The molecule has 1 aromatic rings. The van der Waals surface area contributed by atoms with E-state index in [9.17, 15) is 18.3 Å². The molecule has 0 radical (unpaired) electrons. The quantitative estimate of drug-likeness (QED) is 0.326. The molecule has 0 bridgehead atoms. The van der Waals surface area contributed by atoms with E-state index in [0.717, 1.165) is 0 Å². The Kier molecular flexibility index (Phi) is 9.33. The summed E-state index contributed by atoms with van der Waals surface area (Å²) in [7, 11) is -9.59. The third-order valence-electron chi connectivity index (χ3n) is 5.58. The normalized spacial score (nSPS) is 28.1. The third kappa shape index (κ3) is 8.32. The van der Waals surface area contributed by atoms with Crippen LogP contribution < -0.4 is 0 Å². The Labute approximate surface area is 220 Å². The smallest absolute Gasteiger partial charge is 0.337 e. The number of carbonyl (C=O) groups is 1. The lowest BCUT2D eigenvalue weighted by Crippen LogP contribution is -2.70. The lowest BCUT2D eigenvalue weighted by molar-refractivity contribution is -0.200. The van der Waals surface area contributed by atoms with Crippen LogP contribution in [0, 0.1) is 0 Å². The summed E-state index contributed by atoms with van der Waals surface area (Å²) in [6, 6.07) is 8.00. The van der Waals surface area contributed by atoms with Crippen LogP contribution in [0.4, 0.5) is 0 Å². The summed E-state index contributed by atoms with van der Waals surface area (Å²) in [4.78, 5) is 13.4. The maximum absolute atomic E-state index is 13.6. The minimum Gasteiger partial charge on any atom is -0.467 e. The van der Waals surface area contributed by atoms with Gasteiger partial charge in [0.25, 0.3) is 0 Å². The Morgan fingerprint density at radius 3 is 1.92 bits per heavy atom. The summed E-state index contributed by atoms with van der Waals surface area (Å²) in [6.45, 7) is 17.8. The number of rotatable bonds is 10. The maximum atomic E-state index is 13.6. The predicted octanol–water partition coefficient (Wildman–Crippen LogP) is 4.19. The molecule has 4 atom stereocenters. The minimum absolute atomic E-state index is 0.0909. The summed E-state index contributed by atoms with van der Waals surface area (Å²) in [5.74, 6) is -1.28.